The Labute approximate surface area is 161 Å². The number of aryl methyl sites for hydroxylation is 1. The molecule has 4 heteroatoms. The molecule has 2 heterocycles. The number of hydrogen-bond acceptors (Lipinski definition) is 3. The molecule has 2 fully saturated rings. The van der Waals surface area contributed by atoms with Crippen LogP contribution in [0.1, 0.15) is 67.1 Å². The number of aromatic amines is 1. The third-order valence-electron chi connectivity index (χ3n) is 6.79. The van der Waals surface area contributed by atoms with E-state index in [-0.39, 0.29) is 11.0 Å². The smallest absolute Gasteiger partial charge is 0.254 e. The second-order valence-corrected chi connectivity index (χ2v) is 8.80. The molecule has 1 atom stereocenters. The average Bonchev–Trinajstić information content (AvgIpc) is 3.48. The van der Waals surface area contributed by atoms with Crippen LogP contribution < -0.4 is 5.56 Å². The Hall–Kier alpha value is -1.94. The topological polar surface area (TPSA) is 49.0 Å². The summed E-state index contributed by atoms with van der Waals surface area (Å²) >= 11 is 0. The van der Waals surface area contributed by atoms with Crippen molar-refractivity contribution >= 4 is 0 Å². The molecule has 142 valence electrons. The van der Waals surface area contributed by atoms with Crippen molar-refractivity contribution in [2.45, 2.75) is 62.7 Å². The molecule has 1 spiro atoms. The number of piperidine rings is 1. The fraction of sp³-hybridized carbons (Fsp3) is 0.565. The van der Waals surface area contributed by atoms with E-state index in [0.717, 1.165) is 49.4 Å². The number of fused-ring (bicyclic) bond motifs is 2. The number of nitrogens with zero attached hydrogens (tertiary/aromatic N) is 2. The van der Waals surface area contributed by atoms with Gasteiger partial charge in [0.05, 0.1) is 5.69 Å². The van der Waals surface area contributed by atoms with Crippen molar-refractivity contribution in [3.05, 3.63) is 63.3 Å². The monoisotopic (exact) mass is 363 g/mol. The molecule has 2 aromatic rings. The maximum absolute atomic E-state index is 12.6. The van der Waals surface area contributed by atoms with E-state index >= 15 is 0 Å². The maximum Gasteiger partial charge on any atom is 0.254 e. The van der Waals surface area contributed by atoms with Gasteiger partial charge in [0.15, 0.2) is 0 Å². The number of hydrogen-bond donors (Lipinski definition) is 1. The van der Waals surface area contributed by atoms with Crippen LogP contribution in [0, 0.1) is 0 Å². The summed E-state index contributed by atoms with van der Waals surface area (Å²) in [6.45, 7) is 3.41. The zero-order valence-electron chi connectivity index (χ0n) is 16.0. The zero-order valence-corrected chi connectivity index (χ0v) is 16.0. The van der Waals surface area contributed by atoms with Crippen LogP contribution in [0.4, 0.5) is 0 Å². The fourth-order valence-corrected chi connectivity index (χ4v) is 5.19. The highest BCUT2D eigenvalue weighted by Crippen LogP contribution is 2.45. The van der Waals surface area contributed by atoms with Crippen LogP contribution >= 0.6 is 0 Å². The first-order valence-electron chi connectivity index (χ1n) is 10.6. The van der Waals surface area contributed by atoms with Crippen LogP contribution in [0.5, 0.6) is 0 Å². The Kier molecular flexibility index (Phi) is 4.39. The molecule has 2 aliphatic carbocycles. The third kappa shape index (κ3) is 3.36. The summed E-state index contributed by atoms with van der Waals surface area (Å²) < 4.78 is 0. The number of aromatic nitrogens is 2. The molecule has 1 aromatic heterocycles. The van der Waals surface area contributed by atoms with Gasteiger partial charge < -0.3 is 9.88 Å². The SMILES string of the molecule is O=c1[nH]c(C2CC2)nc2c1CCC21CCCN(CCCc2ccccc2)C1. The van der Waals surface area contributed by atoms with Gasteiger partial charge in [0.2, 0.25) is 0 Å². The van der Waals surface area contributed by atoms with Gasteiger partial charge in [0, 0.05) is 23.4 Å². The molecule has 1 aromatic carbocycles. The summed E-state index contributed by atoms with van der Waals surface area (Å²) in [4.78, 5) is 23.3. The van der Waals surface area contributed by atoms with Crippen molar-refractivity contribution in [1.29, 1.82) is 0 Å². The van der Waals surface area contributed by atoms with Crippen LogP contribution in [0.25, 0.3) is 0 Å². The number of rotatable bonds is 5. The molecule has 4 nitrogen and oxygen atoms in total. The van der Waals surface area contributed by atoms with Crippen molar-refractivity contribution in [2.24, 2.45) is 0 Å². The van der Waals surface area contributed by atoms with Gasteiger partial charge in [0.25, 0.3) is 5.56 Å². The minimum Gasteiger partial charge on any atom is -0.310 e. The van der Waals surface area contributed by atoms with Crippen LogP contribution in [-0.2, 0) is 18.3 Å². The molecule has 1 unspecified atom stereocenters. The van der Waals surface area contributed by atoms with Crippen LogP contribution in [0.15, 0.2) is 35.1 Å². The molecule has 0 bridgehead atoms. The molecule has 1 aliphatic heterocycles. The van der Waals surface area contributed by atoms with Gasteiger partial charge >= 0.3 is 0 Å². The number of likely N-dealkylation sites (tertiary alicyclic amines) is 1. The Bertz CT molecular complexity index is 871. The summed E-state index contributed by atoms with van der Waals surface area (Å²) in [6, 6.07) is 10.8. The number of H-pyrrole nitrogens is 1. The zero-order chi connectivity index (χ0) is 18.3. The molecule has 1 N–H and O–H groups in total. The summed E-state index contributed by atoms with van der Waals surface area (Å²) in [5.74, 6) is 1.47. The van der Waals surface area contributed by atoms with Gasteiger partial charge in [-0.05, 0) is 70.0 Å². The minimum absolute atomic E-state index is 0.123. The maximum atomic E-state index is 12.6. The first-order chi connectivity index (χ1) is 13.2. The first kappa shape index (κ1) is 17.2. The van der Waals surface area contributed by atoms with Crippen molar-refractivity contribution in [3.63, 3.8) is 0 Å². The molecule has 3 aliphatic rings. The van der Waals surface area contributed by atoms with E-state index in [1.165, 1.54) is 44.2 Å². The Morgan fingerprint density at radius 1 is 1.19 bits per heavy atom. The molecular weight excluding hydrogens is 334 g/mol. The van der Waals surface area contributed by atoms with E-state index in [4.69, 9.17) is 4.98 Å². The lowest BCUT2D eigenvalue weighted by atomic mass is 9.77. The molecule has 1 saturated heterocycles. The standard InChI is InChI=1S/C23H29N3O/c27-22-19-11-13-23(20(19)24-21(25-22)18-9-10-18)12-5-15-26(16-23)14-4-8-17-6-2-1-3-7-17/h1-3,6-7,18H,4-5,8-16H2,(H,24,25,27). The van der Waals surface area contributed by atoms with Gasteiger partial charge in [-0.15, -0.1) is 0 Å². The first-order valence-corrected chi connectivity index (χ1v) is 10.6. The summed E-state index contributed by atoms with van der Waals surface area (Å²) in [5.41, 5.74) is 3.82. The second kappa shape index (κ2) is 6.90. The molecule has 5 rings (SSSR count). The third-order valence-corrected chi connectivity index (χ3v) is 6.79. The normalized spacial score (nSPS) is 25.0. The Balaban J connectivity index is 1.31. The minimum atomic E-state index is 0.123. The van der Waals surface area contributed by atoms with Gasteiger partial charge in [-0.3, -0.25) is 4.79 Å². The predicted octanol–water partition coefficient (Wildman–Crippen LogP) is 3.56. The number of nitrogens with one attached hydrogen (secondary N) is 1. The van der Waals surface area contributed by atoms with E-state index in [1.807, 2.05) is 0 Å². The van der Waals surface area contributed by atoms with Crippen LogP contribution in [0.3, 0.4) is 0 Å². The van der Waals surface area contributed by atoms with Crippen molar-refractivity contribution in [2.75, 3.05) is 19.6 Å². The molecular formula is C23H29N3O. The number of benzene rings is 1. The molecule has 0 amide bonds. The van der Waals surface area contributed by atoms with Crippen LogP contribution in [0.2, 0.25) is 0 Å². The van der Waals surface area contributed by atoms with Gasteiger partial charge in [-0.1, -0.05) is 30.3 Å². The lowest BCUT2D eigenvalue weighted by molar-refractivity contribution is 0.142. The highest BCUT2D eigenvalue weighted by atomic mass is 16.1. The van der Waals surface area contributed by atoms with Crippen molar-refractivity contribution < 1.29 is 0 Å². The van der Waals surface area contributed by atoms with Gasteiger partial charge in [-0.25, -0.2) is 4.98 Å². The fourth-order valence-electron chi connectivity index (χ4n) is 5.19. The summed E-state index contributed by atoms with van der Waals surface area (Å²) in [7, 11) is 0. The van der Waals surface area contributed by atoms with Gasteiger partial charge in [-0.2, -0.15) is 0 Å². The van der Waals surface area contributed by atoms with Gasteiger partial charge in [0.1, 0.15) is 5.82 Å². The van der Waals surface area contributed by atoms with Crippen LogP contribution in [-0.4, -0.2) is 34.5 Å². The van der Waals surface area contributed by atoms with E-state index in [2.05, 4.69) is 40.2 Å². The highest BCUT2D eigenvalue weighted by molar-refractivity contribution is 5.34. The van der Waals surface area contributed by atoms with E-state index in [0.29, 0.717) is 5.92 Å². The summed E-state index contributed by atoms with van der Waals surface area (Å²) in [5, 5.41) is 0. The summed E-state index contributed by atoms with van der Waals surface area (Å²) in [6.07, 6.45) is 9.12. The molecule has 0 radical (unpaired) electrons. The quantitative estimate of drug-likeness (QED) is 0.884. The predicted molar refractivity (Wildman–Crippen MR) is 107 cm³/mol. The lowest BCUT2D eigenvalue weighted by Gasteiger charge is -2.40. The van der Waals surface area contributed by atoms with Crippen molar-refractivity contribution in [3.8, 4) is 0 Å². The highest BCUT2D eigenvalue weighted by Gasteiger charge is 2.45. The molecule has 1 saturated carbocycles. The second-order valence-electron chi connectivity index (χ2n) is 8.80. The lowest BCUT2D eigenvalue weighted by Crippen LogP contribution is -2.46. The van der Waals surface area contributed by atoms with Crippen molar-refractivity contribution in [1.82, 2.24) is 14.9 Å². The van der Waals surface area contributed by atoms with E-state index < -0.39 is 0 Å². The average molecular weight is 364 g/mol. The van der Waals surface area contributed by atoms with E-state index in [1.54, 1.807) is 0 Å². The van der Waals surface area contributed by atoms with E-state index in [9.17, 15) is 4.79 Å². The Morgan fingerprint density at radius 3 is 2.85 bits per heavy atom. The largest absolute Gasteiger partial charge is 0.310 e. The Morgan fingerprint density at radius 2 is 2.04 bits per heavy atom. The molecule has 27 heavy (non-hydrogen) atoms.